The van der Waals surface area contributed by atoms with E-state index in [2.05, 4.69) is 5.43 Å². The first-order valence-electron chi connectivity index (χ1n) is 6.20. The Bertz CT molecular complexity index is 399. The standard InChI is InChI=1S/C13H17F3N2S/c14-13(15,16)11-3-1-9(2-4-11)7-12(18-17)10-5-6-19-8-10/h1-4,10,12,18H,5-8,17H2. The fourth-order valence-corrected chi connectivity index (χ4v) is 3.65. The zero-order valence-corrected chi connectivity index (χ0v) is 11.2. The topological polar surface area (TPSA) is 38.0 Å². The maximum atomic E-state index is 12.5. The molecule has 19 heavy (non-hydrogen) atoms. The van der Waals surface area contributed by atoms with Gasteiger partial charge in [0.05, 0.1) is 5.56 Å². The summed E-state index contributed by atoms with van der Waals surface area (Å²) in [6.07, 6.45) is -2.49. The molecule has 0 radical (unpaired) electrons. The second kappa shape index (κ2) is 6.15. The highest BCUT2D eigenvalue weighted by Gasteiger charge is 2.30. The zero-order chi connectivity index (χ0) is 13.9. The number of hydrogen-bond acceptors (Lipinski definition) is 3. The molecule has 1 aliphatic heterocycles. The molecule has 2 rings (SSSR count). The lowest BCUT2D eigenvalue weighted by Crippen LogP contribution is -2.42. The Morgan fingerprint density at radius 2 is 2.00 bits per heavy atom. The van der Waals surface area contributed by atoms with Crippen LogP contribution in [0.25, 0.3) is 0 Å². The third kappa shape index (κ3) is 3.87. The van der Waals surface area contributed by atoms with Crippen molar-refractivity contribution >= 4 is 11.8 Å². The Morgan fingerprint density at radius 1 is 1.32 bits per heavy atom. The van der Waals surface area contributed by atoms with E-state index in [0.29, 0.717) is 12.3 Å². The maximum absolute atomic E-state index is 12.5. The summed E-state index contributed by atoms with van der Waals surface area (Å²) in [5.41, 5.74) is 3.08. The van der Waals surface area contributed by atoms with Crippen LogP contribution < -0.4 is 11.3 Å². The molecule has 0 saturated carbocycles. The summed E-state index contributed by atoms with van der Waals surface area (Å²) in [5.74, 6) is 8.26. The number of benzene rings is 1. The van der Waals surface area contributed by atoms with E-state index in [9.17, 15) is 13.2 Å². The van der Waals surface area contributed by atoms with Crippen LogP contribution in [0.5, 0.6) is 0 Å². The molecule has 1 aliphatic rings. The highest BCUT2D eigenvalue weighted by molar-refractivity contribution is 7.99. The molecule has 2 atom stereocenters. The quantitative estimate of drug-likeness (QED) is 0.661. The summed E-state index contributed by atoms with van der Waals surface area (Å²) < 4.78 is 37.4. The maximum Gasteiger partial charge on any atom is 0.416 e. The van der Waals surface area contributed by atoms with Gasteiger partial charge in [-0.3, -0.25) is 11.3 Å². The molecule has 1 aromatic rings. The van der Waals surface area contributed by atoms with Gasteiger partial charge in [-0.05, 0) is 48.0 Å². The van der Waals surface area contributed by atoms with Gasteiger partial charge in [0.2, 0.25) is 0 Å². The van der Waals surface area contributed by atoms with E-state index in [1.165, 1.54) is 12.1 Å². The Hall–Kier alpha value is -0.720. The van der Waals surface area contributed by atoms with Gasteiger partial charge in [-0.2, -0.15) is 24.9 Å². The number of hydrogen-bond donors (Lipinski definition) is 2. The van der Waals surface area contributed by atoms with Gasteiger partial charge in [0, 0.05) is 6.04 Å². The molecule has 1 fully saturated rings. The lowest BCUT2D eigenvalue weighted by Gasteiger charge is -2.22. The predicted octanol–water partition coefficient (Wildman–Crippen LogP) is 2.83. The average molecular weight is 290 g/mol. The van der Waals surface area contributed by atoms with Gasteiger partial charge in [-0.1, -0.05) is 12.1 Å². The highest BCUT2D eigenvalue weighted by atomic mass is 32.2. The fourth-order valence-electron chi connectivity index (χ4n) is 2.32. The Morgan fingerprint density at radius 3 is 2.47 bits per heavy atom. The Labute approximate surface area is 114 Å². The zero-order valence-electron chi connectivity index (χ0n) is 10.4. The third-order valence-electron chi connectivity index (χ3n) is 3.48. The predicted molar refractivity (Wildman–Crippen MR) is 71.7 cm³/mol. The summed E-state index contributed by atoms with van der Waals surface area (Å²) in [4.78, 5) is 0. The van der Waals surface area contributed by atoms with E-state index in [-0.39, 0.29) is 6.04 Å². The van der Waals surface area contributed by atoms with Gasteiger partial charge in [0.25, 0.3) is 0 Å². The molecule has 1 heterocycles. The molecule has 0 amide bonds. The van der Waals surface area contributed by atoms with Crippen LogP contribution in [0.1, 0.15) is 17.5 Å². The normalized spacial score (nSPS) is 21.6. The van der Waals surface area contributed by atoms with Crippen molar-refractivity contribution in [3.05, 3.63) is 35.4 Å². The van der Waals surface area contributed by atoms with Crippen LogP contribution in [0.3, 0.4) is 0 Å². The molecule has 1 saturated heterocycles. The van der Waals surface area contributed by atoms with Crippen molar-refractivity contribution in [3.63, 3.8) is 0 Å². The van der Waals surface area contributed by atoms with E-state index < -0.39 is 11.7 Å². The van der Waals surface area contributed by atoms with Gasteiger partial charge in [0.15, 0.2) is 0 Å². The number of thioether (sulfide) groups is 1. The minimum atomic E-state index is -4.27. The molecule has 1 aromatic carbocycles. The molecule has 0 bridgehead atoms. The third-order valence-corrected chi connectivity index (χ3v) is 4.67. The molecule has 0 spiro atoms. The van der Waals surface area contributed by atoms with Crippen LogP contribution in [0.2, 0.25) is 0 Å². The van der Waals surface area contributed by atoms with Crippen LogP contribution in [0, 0.1) is 5.92 Å². The van der Waals surface area contributed by atoms with Gasteiger partial charge in [-0.15, -0.1) is 0 Å². The van der Waals surface area contributed by atoms with Gasteiger partial charge in [-0.25, -0.2) is 0 Å². The first-order valence-corrected chi connectivity index (χ1v) is 7.36. The van der Waals surface area contributed by atoms with Crippen molar-refractivity contribution in [2.45, 2.75) is 25.1 Å². The van der Waals surface area contributed by atoms with Crippen molar-refractivity contribution in [2.24, 2.45) is 11.8 Å². The number of nitrogens with two attached hydrogens (primary N) is 1. The lowest BCUT2D eigenvalue weighted by atomic mass is 9.93. The van der Waals surface area contributed by atoms with E-state index in [0.717, 1.165) is 35.6 Å². The van der Waals surface area contributed by atoms with Gasteiger partial charge in [0.1, 0.15) is 0 Å². The summed E-state index contributed by atoms with van der Waals surface area (Å²) in [6, 6.07) is 5.47. The van der Waals surface area contributed by atoms with Crippen molar-refractivity contribution in [1.29, 1.82) is 0 Å². The Balaban J connectivity index is 2.01. The van der Waals surface area contributed by atoms with Crippen molar-refractivity contribution < 1.29 is 13.2 Å². The summed E-state index contributed by atoms with van der Waals surface area (Å²) in [7, 11) is 0. The largest absolute Gasteiger partial charge is 0.416 e. The van der Waals surface area contributed by atoms with E-state index in [1.54, 1.807) is 0 Å². The van der Waals surface area contributed by atoms with Gasteiger partial charge >= 0.3 is 6.18 Å². The number of halogens is 3. The molecule has 3 N–H and O–H groups in total. The van der Waals surface area contributed by atoms with Crippen LogP contribution in [0.4, 0.5) is 13.2 Å². The van der Waals surface area contributed by atoms with E-state index in [1.807, 2.05) is 11.8 Å². The van der Waals surface area contributed by atoms with Crippen molar-refractivity contribution in [2.75, 3.05) is 11.5 Å². The number of nitrogens with one attached hydrogen (secondary N) is 1. The van der Waals surface area contributed by atoms with Crippen LogP contribution >= 0.6 is 11.8 Å². The second-order valence-corrected chi connectivity index (χ2v) is 5.95. The monoisotopic (exact) mass is 290 g/mol. The molecule has 2 nitrogen and oxygen atoms in total. The molecule has 106 valence electrons. The summed E-state index contributed by atoms with van der Waals surface area (Å²) in [6.45, 7) is 0. The van der Waals surface area contributed by atoms with Crippen molar-refractivity contribution in [3.8, 4) is 0 Å². The van der Waals surface area contributed by atoms with Crippen LogP contribution in [-0.4, -0.2) is 17.5 Å². The minimum Gasteiger partial charge on any atom is -0.271 e. The first-order chi connectivity index (χ1) is 9.00. The average Bonchev–Trinajstić information content (AvgIpc) is 2.89. The Kier molecular flexibility index (Phi) is 4.76. The molecule has 6 heteroatoms. The number of hydrazine groups is 1. The number of rotatable bonds is 4. The molecule has 0 aromatic heterocycles. The van der Waals surface area contributed by atoms with E-state index >= 15 is 0 Å². The van der Waals surface area contributed by atoms with Crippen molar-refractivity contribution in [1.82, 2.24) is 5.43 Å². The summed E-state index contributed by atoms with van der Waals surface area (Å²) >= 11 is 1.90. The fraction of sp³-hybridized carbons (Fsp3) is 0.538. The van der Waals surface area contributed by atoms with E-state index in [4.69, 9.17) is 5.84 Å². The molecular weight excluding hydrogens is 273 g/mol. The highest BCUT2D eigenvalue weighted by Crippen LogP contribution is 2.30. The second-order valence-electron chi connectivity index (χ2n) is 4.80. The minimum absolute atomic E-state index is 0.131. The first kappa shape index (κ1) is 14.7. The van der Waals surface area contributed by atoms with Crippen LogP contribution in [0.15, 0.2) is 24.3 Å². The molecule has 2 unspecified atom stereocenters. The van der Waals surface area contributed by atoms with Crippen LogP contribution in [-0.2, 0) is 12.6 Å². The molecule has 0 aliphatic carbocycles. The SMILES string of the molecule is NNC(Cc1ccc(C(F)(F)F)cc1)C1CCSC1. The lowest BCUT2D eigenvalue weighted by molar-refractivity contribution is -0.137. The smallest absolute Gasteiger partial charge is 0.271 e. The number of alkyl halides is 3. The molecular formula is C13H17F3N2S. The van der Waals surface area contributed by atoms with Gasteiger partial charge < -0.3 is 0 Å². The summed E-state index contributed by atoms with van der Waals surface area (Å²) in [5, 5.41) is 0.